The first-order chi connectivity index (χ1) is 10.0. The SMILES string of the molecule is CC(C)c1ccc(C2CNc3cc(Cl)c(F)cc3O2)cc1. The van der Waals surface area contributed by atoms with Gasteiger partial charge in [-0.1, -0.05) is 49.7 Å². The molecule has 1 N–H and O–H groups in total. The molecule has 21 heavy (non-hydrogen) atoms. The maximum atomic E-state index is 13.5. The summed E-state index contributed by atoms with van der Waals surface area (Å²) >= 11 is 5.78. The Morgan fingerprint density at radius 3 is 2.62 bits per heavy atom. The molecule has 1 aliphatic rings. The first kappa shape index (κ1) is 14.2. The van der Waals surface area contributed by atoms with E-state index < -0.39 is 5.82 Å². The molecule has 2 aromatic carbocycles. The first-order valence-electron chi connectivity index (χ1n) is 7.04. The number of fused-ring (bicyclic) bond motifs is 1. The quantitative estimate of drug-likeness (QED) is 0.828. The van der Waals surface area contributed by atoms with E-state index in [0.29, 0.717) is 18.2 Å². The lowest BCUT2D eigenvalue weighted by atomic mass is 9.99. The van der Waals surface area contributed by atoms with Crippen LogP contribution in [-0.4, -0.2) is 6.54 Å². The maximum Gasteiger partial charge on any atom is 0.146 e. The highest BCUT2D eigenvalue weighted by Crippen LogP contribution is 2.37. The van der Waals surface area contributed by atoms with E-state index >= 15 is 0 Å². The van der Waals surface area contributed by atoms with E-state index in [0.717, 1.165) is 11.3 Å². The van der Waals surface area contributed by atoms with E-state index in [1.165, 1.54) is 11.6 Å². The van der Waals surface area contributed by atoms with Crippen LogP contribution in [-0.2, 0) is 0 Å². The fourth-order valence-corrected chi connectivity index (χ4v) is 2.61. The molecule has 0 saturated heterocycles. The third-order valence-electron chi connectivity index (χ3n) is 3.74. The van der Waals surface area contributed by atoms with Gasteiger partial charge in [-0.15, -0.1) is 0 Å². The van der Waals surface area contributed by atoms with Gasteiger partial charge < -0.3 is 10.1 Å². The van der Waals surface area contributed by atoms with Crippen molar-refractivity contribution in [3.05, 3.63) is 58.4 Å². The van der Waals surface area contributed by atoms with Crippen molar-refractivity contribution in [2.75, 3.05) is 11.9 Å². The van der Waals surface area contributed by atoms with Gasteiger partial charge in [0.25, 0.3) is 0 Å². The Bertz CT molecular complexity index is 655. The van der Waals surface area contributed by atoms with E-state index in [1.54, 1.807) is 6.07 Å². The smallest absolute Gasteiger partial charge is 0.146 e. The average molecular weight is 306 g/mol. The van der Waals surface area contributed by atoms with Crippen LogP contribution in [0.3, 0.4) is 0 Å². The molecule has 0 saturated carbocycles. The minimum Gasteiger partial charge on any atom is -0.482 e. The van der Waals surface area contributed by atoms with E-state index in [4.69, 9.17) is 16.3 Å². The summed E-state index contributed by atoms with van der Waals surface area (Å²) in [4.78, 5) is 0. The van der Waals surface area contributed by atoms with Crippen molar-refractivity contribution in [3.63, 3.8) is 0 Å². The molecule has 1 heterocycles. The molecule has 3 rings (SSSR count). The molecular formula is C17H17ClFNO. The number of anilines is 1. The fourth-order valence-electron chi connectivity index (χ4n) is 2.44. The summed E-state index contributed by atoms with van der Waals surface area (Å²) < 4.78 is 19.4. The van der Waals surface area contributed by atoms with Crippen LogP contribution in [0, 0.1) is 5.82 Å². The van der Waals surface area contributed by atoms with E-state index in [2.05, 4.69) is 43.4 Å². The van der Waals surface area contributed by atoms with Gasteiger partial charge in [0, 0.05) is 6.07 Å². The molecule has 0 aliphatic carbocycles. The van der Waals surface area contributed by atoms with Crippen molar-refractivity contribution in [1.82, 2.24) is 0 Å². The normalized spacial score (nSPS) is 17.1. The number of hydrogen-bond donors (Lipinski definition) is 1. The van der Waals surface area contributed by atoms with Crippen molar-refractivity contribution < 1.29 is 9.13 Å². The molecule has 1 aliphatic heterocycles. The van der Waals surface area contributed by atoms with Crippen LogP contribution in [0.4, 0.5) is 10.1 Å². The molecule has 1 atom stereocenters. The number of halogens is 2. The van der Waals surface area contributed by atoms with E-state index in [1.807, 2.05) is 0 Å². The maximum absolute atomic E-state index is 13.5. The van der Waals surface area contributed by atoms with Gasteiger partial charge in [-0.05, 0) is 23.1 Å². The molecule has 2 nitrogen and oxygen atoms in total. The standard InChI is InChI=1S/C17H17ClFNO/c1-10(2)11-3-5-12(6-4-11)17-9-20-15-7-13(18)14(19)8-16(15)21-17/h3-8,10,17,20H,9H2,1-2H3. The molecule has 110 valence electrons. The molecule has 0 aromatic heterocycles. The monoisotopic (exact) mass is 305 g/mol. The number of rotatable bonds is 2. The van der Waals surface area contributed by atoms with Gasteiger partial charge >= 0.3 is 0 Å². The van der Waals surface area contributed by atoms with Crippen molar-refractivity contribution in [2.45, 2.75) is 25.9 Å². The second-order valence-electron chi connectivity index (χ2n) is 5.57. The van der Waals surface area contributed by atoms with Gasteiger partial charge in [-0.25, -0.2) is 4.39 Å². The van der Waals surface area contributed by atoms with Gasteiger partial charge in [0.1, 0.15) is 17.7 Å². The zero-order valence-corrected chi connectivity index (χ0v) is 12.7. The average Bonchev–Trinajstić information content (AvgIpc) is 2.48. The Morgan fingerprint density at radius 1 is 1.24 bits per heavy atom. The molecule has 0 fully saturated rings. The summed E-state index contributed by atoms with van der Waals surface area (Å²) in [7, 11) is 0. The minimum absolute atomic E-state index is 0.101. The predicted molar refractivity (Wildman–Crippen MR) is 83.8 cm³/mol. The molecule has 1 unspecified atom stereocenters. The highest BCUT2D eigenvalue weighted by molar-refractivity contribution is 6.31. The van der Waals surface area contributed by atoms with Crippen LogP contribution in [0.2, 0.25) is 5.02 Å². The second kappa shape index (κ2) is 5.57. The predicted octanol–water partition coefficient (Wildman–Crippen LogP) is 5.15. The van der Waals surface area contributed by atoms with Crippen molar-refractivity contribution in [1.29, 1.82) is 0 Å². The van der Waals surface area contributed by atoms with Gasteiger partial charge in [0.15, 0.2) is 0 Å². The van der Waals surface area contributed by atoms with Gasteiger partial charge in [0.05, 0.1) is 17.3 Å². The highest BCUT2D eigenvalue weighted by atomic mass is 35.5. The summed E-state index contributed by atoms with van der Waals surface area (Å²) in [5, 5.41) is 3.34. The number of hydrogen-bond acceptors (Lipinski definition) is 2. The number of ether oxygens (including phenoxy) is 1. The Hall–Kier alpha value is -1.74. The van der Waals surface area contributed by atoms with Gasteiger partial charge in [-0.2, -0.15) is 0 Å². The lowest BCUT2D eigenvalue weighted by Gasteiger charge is -2.28. The summed E-state index contributed by atoms with van der Waals surface area (Å²) in [6.07, 6.45) is -0.126. The lowest BCUT2D eigenvalue weighted by Crippen LogP contribution is -2.23. The summed E-state index contributed by atoms with van der Waals surface area (Å²) in [5.74, 6) is 0.538. The number of benzene rings is 2. The molecule has 2 aromatic rings. The molecule has 4 heteroatoms. The summed E-state index contributed by atoms with van der Waals surface area (Å²) in [6, 6.07) is 11.3. The third-order valence-corrected chi connectivity index (χ3v) is 4.03. The van der Waals surface area contributed by atoms with Gasteiger partial charge in [0.2, 0.25) is 0 Å². The molecule has 0 spiro atoms. The Labute approximate surface area is 128 Å². The van der Waals surface area contributed by atoms with Gasteiger partial charge in [-0.3, -0.25) is 0 Å². The minimum atomic E-state index is -0.465. The third kappa shape index (κ3) is 2.84. The molecule has 0 bridgehead atoms. The Morgan fingerprint density at radius 2 is 1.95 bits per heavy atom. The molecule has 0 amide bonds. The van der Waals surface area contributed by atoms with Crippen LogP contribution < -0.4 is 10.1 Å². The van der Waals surface area contributed by atoms with Crippen LogP contribution in [0.1, 0.15) is 37.0 Å². The van der Waals surface area contributed by atoms with Crippen LogP contribution >= 0.6 is 11.6 Å². The van der Waals surface area contributed by atoms with Crippen molar-refractivity contribution >= 4 is 17.3 Å². The highest BCUT2D eigenvalue weighted by Gasteiger charge is 2.22. The fraction of sp³-hybridized carbons (Fsp3) is 0.294. The summed E-state index contributed by atoms with van der Waals surface area (Å²) in [6.45, 7) is 4.96. The zero-order valence-electron chi connectivity index (χ0n) is 12.0. The van der Waals surface area contributed by atoms with E-state index in [-0.39, 0.29) is 11.1 Å². The zero-order chi connectivity index (χ0) is 15.0. The Kier molecular flexibility index (Phi) is 3.77. The van der Waals surface area contributed by atoms with Crippen LogP contribution in [0.15, 0.2) is 36.4 Å². The lowest BCUT2D eigenvalue weighted by molar-refractivity contribution is 0.209. The topological polar surface area (TPSA) is 21.3 Å². The first-order valence-corrected chi connectivity index (χ1v) is 7.42. The number of nitrogens with one attached hydrogen (secondary N) is 1. The van der Waals surface area contributed by atoms with Crippen molar-refractivity contribution in [2.24, 2.45) is 0 Å². The Balaban J connectivity index is 1.84. The molecule has 0 radical (unpaired) electrons. The summed E-state index contributed by atoms with van der Waals surface area (Å²) in [5.41, 5.74) is 3.10. The van der Waals surface area contributed by atoms with Crippen molar-refractivity contribution in [3.8, 4) is 5.75 Å². The van der Waals surface area contributed by atoms with Crippen LogP contribution in [0.25, 0.3) is 0 Å². The molecular weight excluding hydrogens is 289 g/mol. The largest absolute Gasteiger partial charge is 0.482 e. The van der Waals surface area contributed by atoms with E-state index in [9.17, 15) is 4.39 Å². The van der Waals surface area contributed by atoms with Crippen LogP contribution in [0.5, 0.6) is 5.75 Å². The second-order valence-corrected chi connectivity index (χ2v) is 5.98.